The van der Waals surface area contributed by atoms with Crippen LogP contribution in [0, 0.1) is 5.92 Å². The Bertz CT molecular complexity index is 1270. The summed E-state index contributed by atoms with van der Waals surface area (Å²) in [5.74, 6) is 1.01. The van der Waals surface area contributed by atoms with Gasteiger partial charge < -0.3 is 4.74 Å². The van der Waals surface area contributed by atoms with Crippen molar-refractivity contribution >= 4 is 51.9 Å². The van der Waals surface area contributed by atoms with Crippen LogP contribution in [0.1, 0.15) is 45.1 Å². The minimum atomic E-state index is -0.0360. The molecule has 0 bridgehead atoms. The summed E-state index contributed by atoms with van der Waals surface area (Å²) in [7, 11) is 1.59. The molecule has 0 saturated carbocycles. The number of amides is 1. The molecule has 0 unspecified atom stereocenters. The molecule has 5 nitrogen and oxygen atoms in total. The number of hydrogen-bond donors (Lipinski definition) is 0. The van der Waals surface area contributed by atoms with Crippen LogP contribution in [0.3, 0.4) is 0 Å². The molecule has 3 aromatic rings. The number of carbonyl (C=O) groups is 1. The highest BCUT2D eigenvalue weighted by molar-refractivity contribution is 8.26. The van der Waals surface area contributed by atoms with E-state index in [1.165, 1.54) is 11.8 Å². The van der Waals surface area contributed by atoms with Gasteiger partial charge in [0.25, 0.3) is 5.91 Å². The third kappa shape index (κ3) is 5.85. The quantitative estimate of drug-likeness (QED) is 0.196. The van der Waals surface area contributed by atoms with Gasteiger partial charge in [-0.15, -0.1) is 0 Å². The number of aromatic nitrogens is 2. The number of unbranched alkanes of at least 4 members (excludes halogenated alkanes) is 1. The fraction of sp³-hybridized carbons (Fsp3) is 0.321. The highest BCUT2D eigenvalue weighted by Crippen LogP contribution is 2.37. The van der Waals surface area contributed by atoms with Crippen LogP contribution in [-0.2, 0) is 4.79 Å². The van der Waals surface area contributed by atoms with E-state index in [1.807, 2.05) is 65.5 Å². The number of ether oxygens (including phenoxy) is 1. The van der Waals surface area contributed by atoms with Crippen LogP contribution in [0.4, 0.5) is 0 Å². The van der Waals surface area contributed by atoms with Gasteiger partial charge in [0, 0.05) is 23.9 Å². The lowest BCUT2D eigenvalue weighted by molar-refractivity contribution is -0.122. The van der Waals surface area contributed by atoms with E-state index in [-0.39, 0.29) is 5.91 Å². The van der Waals surface area contributed by atoms with Gasteiger partial charge in [-0.1, -0.05) is 86.9 Å². The second kappa shape index (κ2) is 12.1. The fourth-order valence-electron chi connectivity index (χ4n) is 4.22. The number of benzene rings is 2. The van der Waals surface area contributed by atoms with E-state index in [0.717, 1.165) is 48.2 Å². The summed E-state index contributed by atoms with van der Waals surface area (Å²) in [4.78, 5) is 15.8. The standard InChI is InChI=1S/C28H30ClN3O2S2/c1-4-6-10-19(5-2)17-31-27(33)25(36-28(31)35)16-21-18-32(22-11-8-7-9-12-22)30-26(21)20-13-14-24(34-3)23(29)15-20/h7-9,11-16,18-19H,4-6,10,17H2,1-3H3/b25-16+/t19-/m0/s1. The molecular formula is C28H30ClN3O2S2. The summed E-state index contributed by atoms with van der Waals surface area (Å²) in [6.45, 7) is 5.04. The number of thioether (sulfide) groups is 1. The second-order valence-corrected chi connectivity index (χ2v) is 10.9. The zero-order valence-electron chi connectivity index (χ0n) is 20.7. The summed E-state index contributed by atoms with van der Waals surface area (Å²) in [6.07, 6.45) is 8.28. The molecule has 0 radical (unpaired) electrons. The first-order valence-corrected chi connectivity index (χ1v) is 13.8. The number of nitrogens with zero attached hydrogens (tertiary/aromatic N) is 3. The molecule has 1 atom stereocenters. The second-order valence-electron chi connectivity index (χ2n) is 8.77. The third-order valence-corrected chi connectivity index (χ3v) is 8.01. The zero-order valence-corrected chi connectivity index (χ0v) is 23.1. The number of carbonyl (C=O) groups excluding carboxylic acids is 1. The highest BCUT2D eigenvalue weighted by atomic mass is 35.5. The van der Waals surface area contributed by atoms with Crippen LogP contribution in [0.5, 0.6) is 5.75 Å². The van der Waals surface area contributed by atoms with Crippen LogP contribution in [0.15, 0.2) is 59.6 Å². The van der Waals surface area contributed by atoms with Gasteiger partial charge >= 0.3 is 0 Å². The van der Waals surface area contributed by atoms with Gasteiger partial charge in [-0.05, 0) is 48.7 Å². The average molecular weight is 540 g/mol. The van der Waals surface area contributed by atoms with E-state index in [1.54, 1.807) is 12.0 Å². The van der Waals surface area contributed by atoms with Gasteiger partial charge in [-0.3, -0.25) is 9.69 Å². The summed E-state index contributed by atoms with van der Waals surface area (Å²) in [5, 5.41) is 5.35. The van der Waals surface area contributed by atoms with Gasteiger partial charge in [0.1, 0.15) is 15.8 Å². The first-order chi connectivity index (χ1) is 17.4. The van der Waals surface area contributed by atoms with E-state index in [0.29, 0.717) is 32.5 Å². The van der Waals surface area contributed by atoms with Crippen LogP contribution in [0.2, 0.25) is 5.02 Å². The smallest absolute Gasteiger partial charge is 0.266 e. The SMILES string of the molecule is CCCC[C@H](CC)CN1C(=O)/C(=C\c2cn(-c3ccccc3)nc2-c2ccc(OC)c(Cl)c2)SC1=S. The van der Waals surface area contributed by atoms with E-state index < -0.39 is 0 Å². The monoisotopic (exact) mass is 539 g/mol. The molecule has 1 aliphatic rings. The van der Waals surface area contributed by atoms with Crippen molar-refractivity contribution in [1.29, 1.82) is 0 Å². The topological polar surface area (TPSA) is 47.4 Å². The van der Waals surface area contributed by atoms with Gasteiger partial charge in [-0.25, -0.2) is 4.68 Å². The maximum absolute atomic E-state index is 13.4. The first-order valence-electron chi connectivity index (χ1n) is 12.2. The van der Waals surface area contributed by atoms with Crippen LogP contribution < -0.4 is 4.74 Å². The molecule has 2 heterocycles. The molecule has 2 aromatic carbocycles. The lowest BCUT2D eigenvalue weighted by Crippen LogP contribution is -2.33. The van der Waals surface area contributed by atoms with Crippen molar-refractivity contribution in [2.75, 3.05) is 13.7 Å². The lowest BCUT2D eigenvalue weighted by Gasteiger charge is -2.21. The maximum Gasteiger partial charge on any atom is 0.266 e. The molecule has 1 saturated heterocycles. The Morgan fingerprint density at radius 3 is 2.64 bits per heavy atom. The number of para-hydroxylation sites is 1. The summed E-state index contributed by atoms with van der Waals surface area (Å²) in [6, 6.07) is 15.5. The molecule has 8 heteroatoms. The largest absolute Gasteiger partial charge is 0.495 e. The van der Waals surface area contributed by atoms with E-state index >= 15 is 0 Å². The number of rotatable bonds is 10. The summed E-state index contributed by atoms with van der Waals surface area (Å²) in [5.41, 5.74) is 3.30. The minimum Gasteiger partial charge on any atom is -0.495 e. The number of thiocarbonyl (C=S) groups is 1. The molecule has 0 spiro atoms. The molecule has 1 aliphatic heterocycles. The predicted octanol–water partition coefficient (Wildman–Crippen LogP) is 7.62. The summed E-state index contributed by atoms with van der Waals surface area (Å²) < 4.78 is 7.75. The van der Waals surface area contributed by atoms with Crippen molar-refractivity contribution in [2.45, 2.75) is 39.5 Å². The van der Waals surface area contributed by atoms with Gasteiger partial charge in [-0.2, -0.15) is 5.10 Å². The Morgan fingerprint density at radius 1 is 1.19 bits per heavy atom. The van der Waals surface area contributed by atoms with E-state index in [9.17, 15) is 4.79 Å². The fourth-order valence-corrected chi connectivity index (χ4v) is 5.74. The Labute approximate surface area is 227 Å². The Morgan fingerprint density at radius 2 is 1.97 bits per heavy atom. The molecule has 0 N–H and O–H groups in total. The molecule has 4 rings (SSSR count). The summed E-state index contributed by atoms with van der Waals surface area (Å²) >= 11 is 13.4. The Hall–Kier alpha value is -2.61. The Balaban J connectivity index is 1.70. The van der Waals surface area contributed by atoms with Gasteiger partial charge in [0.15, 0.2) is 0 Å². The van der Waals surface area contributed by atoms with Crippen molar-refractivity contribution in [3.8, 4) is 22.7 Å². The van der Waals surface area contributed by atoms with E-state index in [2.05, 4.69) is 13.8 Å². The maximum atomic E-state index is 13.4. The number of hydrogen-bond acceptors (Lipinski definition) is 5. The number of methoxy groups -OCH3 is 1. The van der Waals surface area contributed by atoms with Crippen molar-refractivity contribution < 1.29 is 9.53 Å². The van der Waals surface area contributed by atoms with Crippen molar-refractivity contribution in [1.82, 2.24) is 14.7 Å². The van der Waals surface area contributed by atoms with Crippen molar-refractivity contribution in [3.63, 3.8) is 0 Å². The van der Waals surface area contributed by atoms with Crippen molar-refractivity contribution in [3.05, 3.63) is 70.2 Å². The molecule has 188 valence electrons. The molecule has 1 fully saturated rings. The molecule has 1 amide bonds. The third-order valence-electron chi connectivity index (χ3n) is 6.33. The average Bonchev–Trinajstić information content (AvgIpc) is 3.43. The predicted molar refractivity (Wildman–Crippen MR) is 154 cm³/mol. The Kier molecular flexibility index (Phi) is 8.88. The molecule has 36 heavy (non-hydrogen) atoms. The van der Waals surface area contributed by atoms with Crippen LogP contribution in [0.25, 0.3) is 23.0 Å². The molecule has 1 aromatic heterocycles. The van der Waals surface area contributed by atoms with Crippen LogP contribution >= 0.6 is 35.6 Å². The zero-order chi connectivity index (χ0) is 25.7. The minimum absolute atomic E-state index is 0.0360. The van der Waals surface area contributed by atoms with Crippen molar-refractivity contribution in [2.24, 2.45) is 5.92 Å². The lowest BCUT2D eigenvalue weighted by atomic mass is 9.99. The normalized spacial score (nSPS) is 15.7. The van der Waals surface area contributed by atoms with Gasteiger partial charge in [0.05, 0.1) is 22.7 Å². The van der Waals surface area contributed by atoms with E-state index in [4.69, 9.17) is 33.7 Å². The molecular weight excluding hydrogens is 510 g/mol. The number of halogens is 1. The first kappa shape index (κ1) is 26.5. The van der Waals surface area contributed by atoms with Gasteiger partial charge in [0.2, 0.25) is 0 Å². The molecule has 0 aliphatic carbocycles. The highest BCUT2D eigenvalue weighted by Gasteiger charge is 2.33. The van der Waals surface area contributed by atoms with Crippen LogP contribution in [-0.4, -0.2) is 38.6 Å².